The van der Waals surface area contributed by atoms with Crippen LogP contribution in [-0.2, 0) is 6.42 Å². The van der Waals surface area contributed by atoms with E-state index in [0.717, 1.165) is 35.9 Å². The first-order valence-corrected chi connectivity index (χ1v) is 8.04. The smallest absolute Gasteiger partial charge is 0.184 e. The number of nitrogens with one attached hydrogen (secondary N) is 2. The number of nitrogens with zero attached hydrogens (tertiary/aromatic N) is 4. The molecule has 126 valence electrons. The molecule has 2 N–H and O–H groups in total. The molecule has 2 heterocycles. The summed E-state index contributed by atoms with van der Waals surface area (Å²) in [6.45, 7) is 0. The largest absolute Gasteiger partial charge is 0.321 e. The van der Waals surface area contributed by atoms with Gasteiger partial charge in [0.1, 0.15) is 0 Å². The lowest BCUT2D eigenvalue weighted by Crippen LogP contribution is -2.01. The molecule has 7 heteroatoms. The number of benzene rings is 1. The Morgan fingerprint density at radius 2 is 2.12 bits per heavy atom. The van der Waals surface area contributed by atoms with Crippen LogP contribution in [0.1, 0.15) is 31.4 Å². The molecule has 4 rings (SSSR count). The fourth-order valence-electron chi connectivity index (χ4n) is 2.58. The maximum atomic E-state index is 14.1. The molecule has 0 aliphatic heterocycles. The van der Waals surface area contributed by atoms with E-state index in [4.69, 9.17) is 5.26 Å². The van der Waals surface area contributed by atoms with Crippen LogP contribution in [0.5, 0.6) is 0 Å². The summed E-state index contributed by atoms with van der Waals surface area (Å²) in [5.41, 5.74) is 2.73. The SMILES string of the molecule is N#CCc1ccc(-c2ncc(F)c(Nc3cc(C4CC4)[nH]n3)n2)cc1.[HH]. The van der Waals surface area contributed by atoms with E-state index in [2.05, 4.69) is 31.6 Å². The first-order valence-electron chi connectivity index (χ1n) is 8.04. The van der Waals surface area contributed by atoms with Gasteiger partial charge >= 0.3 is 0 Å². The zero-order valence-corrected chi connectivity index (χ0v) is 13.3. The van der Waals surface area contributed by atoms with E-state index in [1.54, 1.807) is 0 Å². The Bertz CT molecular complexity index is 943. The fraction of sp³-hybridized carbons (Fsp3) is 0.222. The van der Waals surface area contributed by atoms with Crippen LogP contribution >= 0.6 is 0 Å². The maximum Gasteiger partial charge on any atom is 0.184 e. The molecule has 3 aromatic rings. The minimum atomic E-state index is -0.541. The van der Waals surface area contributed by atoms with E-state index in [1.165, 1.54) is 0 Å². The second kappa shape index (κ2) is 6.32. The lowest BCUT2D eigenvalue weighted by atomic mass is 10.1. The van der Waals surface area contributed by atoms with Crippen molar-refractivity contribution in [2.45, 2.75) is 25.2 Å². The van der Waals surface area contributed by atoms with Crippen LogP contribution in [0.2, 0.25) is 0 Å². The number of nitriles is 1. The molecule has 25 heavy (non-hydrogen) atoms. The molecule has 0 unspecified atom stereocenters. The Kier molecular flexibility index (Phi) is 3.86. The van der Waals surface area contributed by atoms with Crippen LogP contribution in [0.4, 0.5) is 16.0 Å². The van der Waals surface area contributed by atoms with Crippen molar-refractivity contribution in [2.24, 2.45) is 0 Å². The van der Waals surface area contributed by atoms with Crippen molar-refractivity contribution < 1.29 is 5.82 Å². The Balaban J connectivity index is 0.00000196. The van der Waals surface area contributed by atoms with Crippen LogP contribution in [0, 0.1) is 17.1 Å². The minimum Gasteiger partial charge on any atom is -0.321 e. The molecule has 1 aliphatic rings. The van der Waals surface area contributed by atoms with E-state index in [0.29, 0.717) is 24.0 Å². The molecular formula is C18H17FN6. The van der Waals surface area contributed by atoms with Crippen molar-refractivity contribution in [3.05, 3.63) is 53.6 Å². The highest BCUT2D eigenvalue weighted by Crippen LogP contribution is 2.39. The van der Waals surface area contributed by atoms with Crippen molar-refractivity contribution in [2.75, 3.05) is 5.32 Å². The van der Waals surface area contributed by atoms with Gasteiger partial charge in [0.25, 0.3) is 0 Å². The lowest BCUT2D eigenvalue weighted by molar-refractivity contribution is 0.619. The summed E-state index contributed by atoms with van der Waals surface area (Å²) in [4.78, 5) is 8.32. The Labute approximate surface area is 145 Å². The van der Waals surface area contributed by atoms with E-state index in [-0.39, 0.29) is 7.24 Å². The summed E-state index contributed by atoms with van der Waals surface area (Å²) < 4.78 is 14.1. The summed E-state index contributed by atoms with van der Waals surface area (Å²) in [5.74, 6) is 1.03. The zero-order chi connectivity index (χ0) is 17.2. The predicted octanol–water partition coefficient (Wildman–Crippen LogP) is 3.94. The molecule has 0 radical (unpaired) electrons. The molecule has 2 aromatic heterocycles. The normalized spacial score (nSPS) is 13.4. The summed E-state index contributed by atoms with van der Waals surface area (Å²) in [6, 6.07) is 11.3. The van der Waals surface area contributed by atoms with Gasteiger partial charge in [-0.2, -0.15) is 10.4 Å². The topological polar surface area (TPSA) is 90.3 Å². The quantitative estimate of drug-likeness (QED) is 0.736. The lowest BCUT2D eigenvalue weighted by Gasteiger charge is -2.06. The highest BCUT2D eigenvalue weighted by molar-refractivity contribution is 5.60. The minimum absolute atomic E-state index is 0. The third-order valence-corrected chi connectivity index (χ3v) is 4.10. The molecule has 0 spiro atoms. The molecule has 1 fully saturated rings. The second-order valence-corrected chi connectivity index (χ2v) is 6.03. The van der Waals surface area contributed by atoms with Crippen LogP contribution in [0.15, 0.2) is 36.5 Å². The third-order valence-electron chi connectivity index (χ3n) is 4.10. The second-order valence-electron chi connectivity index (χ2n) is 6.03. The van der Waals surface area contributed by atoms with Crippen LogP contribution in [-0.4, -0.2) is 20.2 Å². The van der Waals surface area contributed by atoms with Crippen LogP contribution in [0.25, 0.3) is 11.4 Å². The van der Waals surface area contributed by atoms with Crippen LogP contribution < -0.4 is 5.32 Å². The number of rotatable bonds is 5. The molecule has 6 nitrogen and oxygen atoms in total. The number of hydrogen-bond acceptors (Lipinski definition) is 5. The Morgan fingerprint density at radius 1 is 1.32 bits per heavy atom. The van der Waals surface area contributed by atoms with Crippen molar-refractivity contribution in [1.29, 1.82) is 5.26 Å². The van der Waals surface area contributed by atoms with Gasteiger partial charge in [-0.1, -0.05) is 24.3 Å². The van der Waals surface area contributed by atoms with Gasteiger partial charge < -0.3 is 5.32 Å². The van der Waals surface area contributed by atoms with Gasteiger partial charge in [-0.3, -0.25) is 5.10 Å². The Morgan fingerprint density at radius 3 is 2.84 bits per heavy atom. The first kappa shape index (κ1) is 15.3. The molecule has 1 aromatic carbocycles. The van der Waals surface area contributed by atoms with Gasteiger partial charge in [-0.05, 0) is 18.4 Å². The highest BCUT2D eigenvalue weighted by Gasteiger charge is 2.25. The standard InChI is InChI=1S/C18H15FN6.H2/c19-14-10-21-17(13-3-1-11(2-4-13)7-8-20)23-18(14)22-16-9-15(24-25-16)12-5-6-12;/h1-4,9-10,12H,5-7H2,(H2,21,22,23,24,25);1H. The fourth-order valence-corrected chi connectivity index (χ4v) is 2.58. The molecule has 0 amide bonds. The molecule has 0 saturated heterocycles. The summed E-state index contributed by atoms with van der Waals surface area (Å²) in [7, 11) is 0. The highest BCUT2D eigenvalue weighted by atomic mass is 19.1. The number of aromatic amines is 1. The van der Waals surface area contributed by atoms with E-state index in [9.17, 15) is 4.39 Å². The van der Waals surface area contributed by atoms with Crippen molar-refractivity contribution in [1.82, 2.24) is 20.2 Å². The molecular weight excluding hydrogens is 319 g/mol. The van der Waals surface area contributed by atoms with Gasteiger partial charge in [0.15, 0.2) is 23.3 Å². The summed E-state index contributed by atoms with van der Waals surface area (Å²) in [5, 5.41) is 18.7. The van der Waals surface area contributed by atoms with E-state index >= 15 is 0 Å². The monoisotopic (exact) mass is 336 g/mol. The van der Waals surface area contributed by atoms with Gasteiger partial charge in [0.2, 0.25) is 0 Å². The summed E-state index contributed by atoms with van der Waals surface area (Å²) >= 11 is 0. The maximum absolute atomic E-state index is 14.1. The van der Waals surface area contributed by atoms with Gasteiger partial charge in [0.05, 0.1) is 18.7 Å². The molecule has 0 bridgehead atoms. The first-order chi connectivity index (χ1) is 12.2. The van der Waals surface area contributed by atoms with E-state index < -0.39 is 5.82 Å². The number of halogens is 1. The van der Waals surface area contributed by atoms with Crippen molar-refractivity contribution in [3.63, 3.8) is 0 Å². The average molecular weight is 336 g/mol. The summed E-state index contributed by atoms with van der Waals surface area (Å²) in [6.07, 6.45) is 3.81. The van der Waals surface area contributed by atoms with Crippen molar-refractivity contribution in [3.8, 4) is 17.5 Å². The number of anilines is 2. The van der Waals surface area contributed by atoms with E-state index in [1.807, 2.05) is 30.3 Å². The van der Waals surface area contributed by atoms with Crippen LogP contribution in [0.3, 0.4) is 0 Å². The third kappa shape index (κ3) is 3.33. The predicted molar refractivity (Wildman–Crippen MR) is 92.7 cm³/mol. The molecule has 0 atom stereocenters. The zero-order valence-electron chi connectivity index (χ0n) is 13.3. The molecule has 1 aliphatic carbocycles. The Hall–Kier alpha value is -3.27. The van der Waals surface area contributed by atoms with Crippen molar-refractivity contribution >= 4 is 11.6 Å². The number of H-pyrrole nitrogens is 1. The van der Waals surface area contributed by atoms with Gasteiger partial charge in [-0.25, -0.2) is 14.4 Å². The molecule has 1 saturated carbocycles. The number of hydrogen-bond donors (Lipinski definition) is 2. The number of aromatic nitrogens is 4. The average Bonchev–Trinajstić information content (AvgIpc) is 3.37. The van der Waals surface area contributed by atoms with Gasteiger partial charge in [-0.15, -0.1) is 0 Å². The van der Waals surface area contributed by atoms with Gasteiger partial charge in [0, 0.05) is 24.7 Å².